The van der Waals surface area contributed by atoms with E-state index in [9.17, 15) is 19.4 Å². The largest absolute Gasteiger partial charge is 0.472 e. The van der Waals surface area contributed by atoms with Gasteiger partial charge < -0.3 is 21.1 Å². The summed E-state index contributed by atoms with van der Waals surface area (Å²) in [6.45, 7) is 3.97. The number of amides is 1. The van der Waals surface area contributed by atoms with Gasteiger partial charge in [0.2, 0.25) is 5.91 Å². The Morgan fingerprint density at radius 3 is 1.89 bits per heavy atom. The SMILES string of the molecule is CCC/C=C\C/C=C\CCCCCCCC(=O)NC(COP(=O)(O)OCCN)C(O)/C=C/CC/C=C/CC/C=C/CCCCCC. The average molecular weight is 667 g/mol. The minimum Gasteiger partial charge on any atom is -0.387 e. The van der Waals surface area contributed by atoms with Gasteiger partial charge in [0.15, 0.2) is 0 Å². The molecule has 0 bridgehead atoms. The first-order valence-corrected chi connectivity index (χ1v) is 19.4. The highest BCUT2D eigenvalue weighted by Gasteiger charge is 2.26. The van der Waals surface area contributed by atoms with E-state index >= 15 is 0 Å². The van der Waals surface area contributed by atoms with Gasteiger partial charge >= 0.3 is 7.82 Å². The van der Waals surface area contributed by atoms with Crippen molar-refractivity contribution in [3.05, 3.63) is 60.8 Å². The Kier molecular flexibility index (Phi) is 31.8. The summed E-state index contributed by atoms with van der Waals surface area (Å²) in [6.07, 6.45) is 39.8. The second-order valence-corrected chi connectivity index (χ2v) is 13.2. The van der Waals surface area contributed by atoms with Crippen molar-refractivity contribution in [3.8, 4) is 0 Å². The molecule has 0 aromatic rings. The number of nitrogens with two attached hydrogens (primary N) is 1. The van der Waals surface area contributed by atoms with Crippen molar-refractivity contribution in [2.45, 2.75) is 148 Å². The van der Waals surface area contributed by atoms with E-state index in [1.807, 2.05) is 6.08 Å². The highest BCUT2D eigenvalue weighted by Crippen LogP contribution is 2.43. The monoisotopic (exact) mass is 666 g/mol. The summed E-state index contributed by atoms with van der Waals surface area (Å²) >= 11 is 0. The maximum atomic E-state index is 12.6. The van der Waals surface area contributed by atoms with Gasteiger partial charge in [-0.25, -0.2) is 4.57 Å². The van der Waals surface area contributed by atoms with Crippen LogP contribution in [0.25, 0.3) is 0 Å². The summed E-state index contributed by atoms with van der Waals surface area (Å²) in [5.41, 5.74) is 5.34. The van der Waals surface area contributed by atoms with Gasteiger partial charge in [0, 0.05) is 13.0 Å². The molecule has 3 atom stereocenters. The molecule has 46 heavy (non-hydrogen) atoms. The fourth-order valence-electron chi connectivity index (χ4n) is 4.55. The van der Waals surface area contributed by atoms with Gasteiger partial charge in [0.1, 0.15) is 0 Å². The topological polar surface area (TPSA) is 131 Å². The van der Waals surface area contributed by atoms with Crippen molar-refractivity contribution < 1.29 is 28.4 Å². The van der Waals surface area contributed by atoms with Crippen LogP contribution in [0.1, 0.15) is 136 Å². The fraction of sp³-hybridized carbons (Fsp3) is 0.703. The third-order valence-electron chi connectivity index (χ3n) is 7.27. The van der Waals surface area contributed by atoms with Gasteiger partial charge in [-0.1, -0.05) is 120 Å². The number of nitrogens with one attached hydrogen (secondary N) is 1. The smallest absolute Gasteiger partial charge is 0.387 e. The maximum Gasteiger partial charge on any atom is 0.472 e. The van der Waals surface area contributed by atoms with E-state index in [0.717, 1.165) is 83.5 Å². The lowest BCUT2D eigenvalue weighted by molar-refractivity contribution is -0.123. The van der Waals surface area contributed by atoms with Gasteiger partial charge in [0.05, 0.1) is 25.4 Å². The van der Waals surface area contributed by atoms with Crippen LogP contribution in [0.5, 0.6) is 0 Å². The molecule has 1 amide bonds. The summed E-state index contributed by atoms with van der Waals surface area (Å²) < 4.78 is 22.0. The minimum absolute atomic E-state index is 0.0666. The van der Waals surface area contributed by atoms with E-state index in [-0.39, 0.29) is 25.7 Å². The summed E-state index contributed by atoms with van der Waals surface area (Å²) in [5.74, 6) is -0.228. The summed E-state index contributed by atoms with van der Waals surface area (Å²) in [4.78, 5) is 22.5. The lowest BCUT2D eigenvalue weighted by Gasteiger charge is -2.23. The van der Waals surface area contributed by atoms with E-state index in [2.05, 4.69) is 67.8 Å². The van der Waals surface area contributed by atoms with Crippen LogP contribution >= 0.6 is 7.82 Å². The number of unbranched alkanes of at least 4 members (excludes halogenated alkanes) is 12. The number of hydrogen-bond donors (Lipinski definition) is 4. The molecular weight excluding hydrogens is 599 g/mol. The Balaban J connectivity index is 4.49. The lowest BCUT2D eigenvalue weighted by Crippen LogP contribution is -2.45. The van der Waals surface area contributed by atoms with Gasteiger partial charge in [-0.2, -0.15) is 0 Å². The summed E-state index contributed by atoms with van der Waals surface area (Å²) in [5, 5.41) is 13.5. The van der Waals surface area contributed by atoms with Crippen molar-refractivity contribution in [2.24, 2.45) is 5.73 Å². The number of allylic oxidation sites excluding steroid dienone is 9. The Hall–Kier alpha value is -1.80. The van der Waals surface area contributed by atoms with Gasteiger partial charge in [-0.15, -0.1) is 0 Å². The van der Waals surface area contributed by atoms with E-state index < -0.39 is 20.0 Å². The van der Waals surface area contributed by atoms with Crippen LogP contribution in [0.4, 0.5) is 0 Å². The normalized spacial score (nSPS) is 15.2. The number of phosphoric acid groups is 1. The molecule has 266 valence electrons. The number of rotatable bonds is 32. The van der Waals surface area contributed by atoms with Crippen LogP contribution in [0.3, 0.4) is 0 Å². The third-order valence-corrected chi connectivity index (χ3v) is 8.26. The molecule has 0 saturated carbocycles. The Bertz CT molecular complexity index is 902. The molecule has 0 aromatic carbocycles. The van der Waals surface area contributed by atoms with Crippen LogP contribution in [0.15, 0.2) is 60.8 Å². The molecular formula is C37H67N2O6P. The predicted octanol–water partition coefficient (Wildman–Crippen LogP) is 9.16. The van der Waals surface area contributed by atoms with Crippen LogP contribution < -0.4 is 11.1 Å². The highest BCUT2D eigenvalue weighted by atomic mass is 31.2. The first kappa shape index (κ1) is 44.2. The summed E-state index contributed by atoms with van der Waals surface area (Å²) in [6, 6.07) is -0.890. The Morgan fingerprint density at radius 1 is 0.717 bits per heavy atom. The quantitative estimate of drug-likeness (QED) is 0.0320. The molecule has 3 unspecified atom stereocenters. The van der Waals surface area contributed by atoms with Crippen LogP contribution in [-0.4, -0.2) is 47.8 Å². The molecule has 0 aliphatic carbocycles. The zero-order valence-electron chi connectivity index (χ0n) is 29.0. The second kappa shape index (κ2) is 33.1. The molecule has 0 saturated heterocycles. The van der Waals surface area contributed by atoms with Gasteiger partial charge in [-0.3, -0.25) is 13.8 Å². The van der Waals surface area contributed by atoms with Crippen molar-refractivity contribution in [2.75, 3.05) is 19.8 Å². The second-order valence-electron chi connectivity index (χ2n) is 11.7. The number of carbonyl (C=O) groups excluding carboxylic acids is 1. The standard InChI is InChI=1S/C37H67N2O6P/c1-3-5-7-9-11-13-15-17-19-20-22-24-26-28-30-36(40)35(34-45-46(42,43)44-33-32-38)39-37(41)31-29-27-25-23-21-18-16-14-12-10-8-6-4-2/h8,10,13-16,20,22,28,30,35-36,40H,3-7,9,11-12,17-19,21,23-27,29,31-34,38H2,1-2H3,(H,39,41)(H,42,43)/b10-8-,15-13+,16-14-,22-20+,30-28+. The maximum absolute atomic E-state index is 12.6. The Labute approximate surface area is 281 Å². The van der Waals surface area contributed by atoms with Crippen molar-refractivity contribution in [3.63, 3.8) is 0 Å². The number of carbonyl (C=O) groups is 1. The molecule has 0 radical (unpaired) electrons. The highest BCUT2D eigenvalue weighted by molar-refractivity contribution is 7.47. The third kappa shape index (κ3) is 30.8. The molecule has 0 rings (SSSR count). The first-order chi connectivity index (χ1) is 22.4. The molecule has 9 heteroatoms. The van der Waals surface area contributed by atoms with Crippen molar-refractivity contribution >= 4 is 13.7 Å². The molecule has 8 nitrogen and oxygen atoms in total. The first-order valence-electron chi connectivity index (χ1n) is 17.9. The average Bonchev–Trinajstić information content (AvgIpc) is 3.04. The molecule has 0 aliphatic rings. The summed E-state index contributed by atoms with van der Waals surface area (Å²) in [7, 11) is -4.35. The molecule has 0 aromatic heterocycles. The van der Waals surface area contributed by atoms with E-state index in [4.69, 9.17) is 14.8 Å². The molecule has 0 fully saturated rings. The molecule has 0 aliphatic heterocycles. The van der Waals surface area contributed by atoms with E-state index in [1.54, 1.807) is 6.08 Å². The van der Waals surface area contributed by atoms with Crippen LogP contribution in [-0.2, 0) is 18.4 Å². The predicted molar refractivity (Wildman–Crippen MR) is 193 cm³/mol. The number of phosphoric ester groups is 1. The fourth-order valence-corrected chi connectivity index (χ4v) is 5.31. The van der Waals surface area contributed by atoms with Crippen LogP contribution in [0.2, 0.25) is 0 Å². The molecule has 5 N–H and O–H groups in total. The number of aliphatic hydroxyl groups excluding tert-OH is 1. The van der Waals surface area contributed by atoms with Gasteiger partial charge in [-0.05, 0) is 70.6 Å². The minimum atomic E-state index is -4.35. The molecule has 0 spiro atoms. The van der Waals surface area contributed by atoms with Crippen molar-refractivity contribution in [1.29, 1.82) is 0 Å². The Morgan fingerprint density at radius 2 is 1.26 bits per heavy atom. The van der Waals surface area contributed by atoms with E-state index in [0.29, 0.717) is 6.42 Å². The number of hydrogen-bond acceptors (Lipinski definition) is 6. The van der Waals surface area contributed by atoms with Gasteiger partial charge in [0.25, 0.3) is 0 Å². The molecule has 0 heterocycles. The van der Waals surface area contributed by atoms with E-state index in [1.165, 1.54) is 32.1 Å². The van der Waals surface area contributed by atoms with Crippen LogP contribution in [0, 0.1) is 0 Å². The lowest BCUT2D eigenvalue weighted by atomic mass is 10.1. The zero-order chi connectivity index (χ0) is 34.0. The number of aliphatic hydroxyl groups is 1. The zero-order valence-corrected chi connectivity index (χ0v) is 29.9. The van der Waals surface area contributed by atoms with Crippen molar-refractivity contribution in [1.82, 2.24) is 5.32 Å².